The second kappa shape index (κ2) is 9.02. The number of nitrogens with one attached hydrogen (secondary N) is 2. The second-order valence-electron chi connectivity index (χ2n) is 7.26. The highest BCUT2D eigenvalue weighted by molar-refractivity contribution is 5.79. The molecule has 8 nitrogen and oxygen atoms in total. The molecule has 0 bridgehead atoms. The minimum Gasteiger partial charge on any atom is -0.497 e. The van der Waals surface area contributed by atoms with E-state index >= 15 is 0 Å². The van der Waals surface area contributed by atoms with Gasteiger partial charge in [-0.25, -0.2) is 0 Å². The summed E-state index contributed by atoms with van der Waals surface area (Å²) in [6.07, 6.45) is 4.29. The number of anilines is 2. The minimum atomic E-state index is 0.261. The topological polar surface area (TPSA) is 97.8 Å². The molecule has 158 valence electrons. The third-order valence-corrected chi connectivity index (χ3v) is 5.34. The Bertz CT molecular complexity index is 979. The molecular weight excluding hydrogens is 384 g/mol. The van der Waals surface area contributed by atoms with Crippen LogP contribution in [-0.2, 0) is 15.9 Å². The van der Waals surface area contributed by atoms with E-state index in [0.717, 1.165) is 52.9 Å². The summed E-state index contributed by atoms with van der Waals surface area (Å²) in [6.45, 7) is 3.24. The first-order chi connectivity index (χ1) is 14.7. The molecule has 2 aliphatic rings. The maximum atomic E-state index is 10.3. The van der Waals surface area contributed by atoms with E-state index in [1.807, 2.05) is 31.2 Å². The van der Waals surface area contributed by atoms with E-state index in [9.17, 15) is 4.91 Å². The lowest BCUT2D eigenvalue weighted by Gasteiger charge is -2.23. The lowest BCUT2D eigenvalue weighted by molar-refractivity contribution is 0.151. The molecule has 2 N–H and O–H groups in total. The standard InChI is InChI=1S/C22H26N4O4/c1-3-29-20-13-17-14(11-19(20)30-9-5-8-23-27)10-18-21(17)25-26-22(18)24-15-6-4-7-16(12-15)28-2/h4,6-7,12-14H,3,5,8-11H2,1-2H3,(H2,24,25,26). The Morgan fingerprint density at radius 3 is 3.00 bits per heavy atom. The summed E-state index contributed by atoms with van der Waals surface area (Å²) in [5.74, 6) is 3.53. The van der Waals surface area contributed by atoms with Crippen molar-refractivity contribution in [2.45, 2.75) is 26.2 Å². The van der Waals surface area contributed by atoms with Gasteiger partial charge in [0.2, 0.25) is 0 Å². The van der Waals surface area contributed by atoms with Crippen LogP contribution >= 0.6 is 0 Å². The van der Waals surface area contributed by atoms with Crippen LogP contribution in [0.4, 0.5) is 11.5 Å². The van der Waals surface area contributed by atoms with Crippen LogP contribution in [0.1, 0.15) is 31.0 Å². The van der Waals surface area contributed by atoms with Crippen molar-refractivity contribution in [1.82, 2.24) is 10.2 Å². The molecule has 1 atom stereocenters. The number of aromatic nitrogens is 2. The van der Waals surface area contributed by atoms with Gasteiger partial charge in [-0.3, -0.25) is 5.10 Å². The zero-order valence-corrected chi connectivity index (χ0v) is 17.2. The smallest absolute Gasteiger partial charge is 0.157 e. The Labute approximate surface area is 175 Å². The highest BCUT2D eigenvalue weighted by Crippen LogP contribution is 2.46. The molecule has 0 radical (unpaired) electrons. The summed E-state index contributed by atoms with van der Waals surface area (Å²) in [5.41, 5.74) is 4.33. The summed E-state index contributed by atoms with van der Waals surface area (Å²) in [4.78, 5) is 10.3. The van der Waals surface area contributed by atoms with Gasteiger partial charge in [0.1, 0.15) is 11.5 Å². The average molecular weight is 410 g/mol. The molecule has 1 aromatic heterocycles. The van der Waals surface area contributed by atoms with Gasteiger partial charge in [0.25, 0.3) is 0 Å². The largest absolute Gasteiger partial charge is 0.497 e. The Morgan fingerprint density at radius 2 is 2.20 bits per heavy atom. The van der Waals surface area contributed by atoms with Crippen LogP contribution in [0, 0.1) is 10.8 Å². The Kier molecular flexibility index (Phi) is 6.02. The van der Waals surface area contributed by atoms with Crippen molar-refractivity contribution in [2.24, 2.45) is 11.1 Å². The zero-order chi connectivity index (χ0) is 20.9. The monoisotopic (exact) mass is 410 g/mol. The summed E-state index contributed by atoms with van der Waals surface area (Å²) in [7, 11) is 1.65. The summed E-state index contributed by atoms with van der Waals surface area (Å²) in [6, 6.07) is 7.78. The molecule has 2 aromatic rings. The van der Waals surface area contributed by atoms with E-state index < -0.39 is 0 Å². The average Bonchev–Trinajstić information content (AvgIpc) is 3.31. The molecule has 0 amide bonds. The first-order valence-corrected chi connectivity index (χ1v) is 10.2. The number of hydrogen-bond donors (Lipinski definition) is 2. The van der Waals surface area contributed by atoms with Gasteiger partial charge >= 0.3 is 0 Å². The van der Waals surface area contributed by atoms with Crippen molar-refractivity contribution in [2.75, 3.05) is 32.2 Å². The molecule has 0 saturated heterocycles. The van der Waals surface area contributed by atoms with Gasteiger partial charge in [-0.2, -0.15) is 10.0 Å². The SMILES string of the molecule is CCOC1=C(OCCCN=O)CC2Cc3c(Nc4cccc(OC)c4)n[nH]c3C2=C1. The molecular formula is C22H26N4O4. The zero-order valence-electron chi connectivity index (χ0n) is 17.2. The highest BCUT2D eigenvalue weighted by atomic mass is 16.5. The lowest BCUT2D eigenvalue weighted by atomic mass is 9.91. The van der Waals surface area contributed by atoms with Crippen molar-refractivity contribution in [3.05, 3.63) is 58.0 Å². The van der Waals surface area contributed by atoms with Crippen LogP contribution in [0.25, 0.3) is 5.57 Å². The number of benzene rings is 1. The number of rotatable bonds is 10. The van der Waals surface area contributed by atoms with E-state index in [4.69, 9.17) is 14.2 Å². The fourth-order valence-electron chi connectivity index (χ4n) is 3.95. The van der Waals surface area contributed by atoms with Gasteiger partial charge in [-0.15, -0.1) is 0 Å². The molecule has 1 aromatic carbocycles. The number of nitrogens with zero attached hydrogens (tertiary/aromatic N) is 2. The first-order valence-electron chi connectivity index (χ1n) is 10.2. The fraction of sp³-hybridized carbons (Fsp3) is 0.409. The van der Waals surface area contributed by atoms with Gasteiger partial charge in [0, 0.05) is 30.2 Å². The van der Waals surface area contributed by atoms with Crippen LogP contribution < -0.4 is 10.1 Å². The molecule has 2 aliphatic carbocycles. The minimum absolute atomic E-state index is 0.261. The second-order valence-corrected chi connectivity index (χ2v) is 7.26. The molecule has 30 heavy (non-hydrogen) atoms. The van der Waals surface area contributed by atoms with Gasteiger partial charge in [0.05, 0.1) is 32.6 Å². The van der Waals surface area contributed by atoms with E-state index in [1.165, 1.54) is 5.57 Å². The van der Waals surface area contributed by atoms with Gasteiger partial charge in [-0.1, -0.05) is 11.2 Å². The molecule has 1 heterocycles. The molecule has 0 fully saturated rings. The fourth-order valence-corrected chi connectivity index (χ4v) is 3.95. The molecule has 8 heteroatoms. The first kappa shape index (κ1) is 20.0. The third-order valence-electron chi connectivity index (χ3n) is 5.34. The number of methoxy groups -OCH3 is 1. The summed E-state index contributed by atoms with van der Waals surface area (Å²) >= 11 is 0. The van der Waals surface area contributed by atoms with Crippen LogP contribution in [0.5, 0.6) is 5.75 Å². The van der Waals surface area contributed by atoms with E-state index in [2.05, 4.69) is 26.8 Å². The predicted molar refractivity (Wildman–Crippen MR) is 115 cm³/mol. The van der Waals surface area contributed by atoms with Crippen LogP contribution in [0.15, 0.2) is 47.0 Å². The number of allylic oxidation sites excluding steroid dienone is 3. The molecule has 0 saturated carbocycles. The maximum absolute atomic E-state index is 10.3. The number of nitroso groups, excluding NO2 is 1. The molecule has 1 unspecified atom stereocenters. The van der Waals surface area contributed by atoms with E-state index in [-0.39, 0.29) is 6.54 Å². The highest BCUT2D eigenvalue weighted by Gasteiger charge is 2.36. The quantitative estimate of drug-likeness (QED) is 0.441. The number of aromatic amines is 1. The maximum Gasteiger partial charge on any atom is 0.157 e. The van der Waals surface area contributed by atoms with Crippen LogP contribution in [0.2, 0.25) is 0 Å². The van der Waals surface area contributed by atoms with Gasteiger partial charge in [0.15, 0.2) is 11.6 Å². The predicted octanol–water partition coefficient (Wildman–Crippen LogP) is 4.54. The van der Waals surface area contributed by atoms with E-state index in [0.29, 0.717) is 25.6 Å². The molecule has 0 spiro atoms. The van der Waals surface area contributed by atoms with Crippen LogP contribution in [0.3, 0.4) is 0 Å². The number of hydrogen-bond acceptors (Lipinski definition) is 7. The van der Waals surface area contributed by atoms with E-state index in [1.54, 1.807) is 7.11 Å². The van der Waals surface area contributed by atoms with Crippen molar-refractivity contribution >= 4 is 17.1 Å². The number of H-pyrrole nitrogens is 1. The van der Waals surface area contributed by atoms with Crippen molar-refractivity contribution in [1.29, 1.82) is 0 Å². The normalized spacial score (nSPS) is 17.1. The number of fused-ring (bicyclic) bond motifs is 3. The Balaban J connectivity index is 1.54. The summed E-state index contributed by atoms with van der Waals surface area (Å²) in [5, 5.41) is 14.0. The van der Waals surface area contributed by atoms with Crippen molar-refractivity contribution in [3.63, 3.8) is 0 Å². The van der Waals surface area contributed by atoms with Crippen LogP contribution in [-0.4, -0.2) is 37.1 Å². The lowest BCUT2D eigenvalue weighted by Crippen LogP contribution is -2.13. The molecule has 4 rings (SSSR count). The van der Waals surface area contributed by atoms with Crippen molar-refractivity contribution < 1.29 is 14.2 Å². The summed E-state index contributed by atoms with van der Waals surface area (Å²) < 4.78 is 17.1. The van der Waals surface area contributed by atoms with Gasteiger partial charge < -0.3 is 19.5 Å². The number of ether oxygens (including phenoxy) is 3. The van der Waals surface area contributed by atoms with Crippen molar-refractivity contribution in [3.8, 4) is 5.75 Å². The Hall–Kier alpha value is -3.29. The van der Waals surface area contributed by atoms with Gasteiger partial charge in [-0.05, 0) is 43.0 Å². The Morgan fingerprint density at radius 1 is 1.30 bits per heavy atom. The molecule has 0 aliphatic heterocycles. The third kappa shape index (κ3) is 4.03.